The Kier molecular flexibility index (Phi) is 5.80. The van der Waals surface area contributed by atoms with Gasteiger partial charge in [-0.3, -0.25) is 4.79 Å². The van der Waals surface area contributed by atoms with E-state index in [0.29, 0.717) is 6.42 Å². The Morgan fingerprint density at radius 1 is 0.963 bits per heavy atom. The Hall–Kier alpha value is -2.81. The van der Waals surface area contributed by atoms with Gasteiger partial charge in [0.05, 0.1) is 0 Å². The van der Waals surface area contributed by atoms with Crippen LogP contribution in [0.25, 0.3) is 10.8 Å². The van der Waals surface area contributed by atoms with Crippen molar-refractivity contribution in [1.29, 1.82) is 0 Å². The number of benzene rings is 3. The Bertz CT molecular complexity index is 897. The summed E-state index contributed by atoms with van der Waals surface area (Å²) in [4.78, 5) is 12.9. The molecule has 3 rings (SSSR count). The first-order valence-electron chi connectivity index (χ1n) is 9.49. The molecule has 3 aromatic carbocycles. The van der Waals surface area contributed by atoms with E-state index in [1.165, 1.54) is 5.56 Å². The molecule has 0 fully saturated rings. The van der Waals surface area contributed by atoms with Gasteiger partial charge in [0.15, 0.2) is 6.10 Å². The summed E-state index contributed by atoms with van der Waals surface area (Å²) in [5.41, 5.74) is 0.847. The number of hydrogen-bond donors (Lipinski definition) is 1. The minimum absolute atomic E-state index is 0.0774. The molecule has 0 aliphatic heterocycles. The highest BCUT2D eigenvalue weighted by Crippen LogP contribution is 2.26. The normalized spacial score (nSPS) is 12.6. The Balaban J connectivity index is 1.72. The topological polar surface area (TPSA) is 38.3 Å². The highest BCUT2D eigenvalue weighted by molar-refractivity contribution is 5.89. The number of amides is 1. The van der Waals surface area contributed by atoms with Crippen molar-refractivity contribution in [2.24, 2.45) is 0 Å². The summed E-state index contributed by atoms with van der Waals surface area (Å²) >= 11 is 0. The maximum Gasteiger partial charge on any atom is 0.261 e. The number of rotatable bonds is 7. The van der Waals surface area contributed by atoms with Crippen molar-refractivity contribution >= 4 is 16.7 Å². The Morgan fingerprint density at radius 2 is 1.63 bits per heavy atom. The fourth-order valence-corrected chi connectivity index (χ4v) is 3.34. The van der Waals surface area contributed by atoms with Crippen molar-refractivity contribution in [2.45, 2.75) is 45.3 Å². The van der Waals surface area contributed by atoms with Crippen LogP contribution in [0.2, 0.25) is 0 Å². The lowest BCUT2D eigenvalue weighted by Crippen LogP contribution is -2.50. The minimum atomic E-state index is -0.522. The van der Waals surface area contributed by atoms with Gasteiger partial charge in [0.25, 0.3) is 5.91 Å². The molecule has 3 nitrogen and oxygen atoms in total. The fraction of sp³-hybridized carbons (Fsp3) is 0.292. The average molecular weight is 361 g/mol. The molecule has 0 aromatic heterocycles. The van der Waals surface area contributed by atoms with Crippen LogP contribution in [0.1, 0.15) is 32.8 Å². The Morgan fingerprint density at radius 3 is 2.37 bits per heavy atom. The zero-order valence-electron chi connectivity index (χ0n) is 16.2. The molecule has 3 heteroatoms. The van der Waals surface area contributed by atoms with Gasteiger partial charge in [-0.05, 0) is 43.7 Å². The van der Waals surface area contributed by atoms with Gasteiger partial charge in [0.2, 0.25) is 0 Å². The SMILES string of the molecule is CCC(Oc1cccc2ccccc12)C(=O)NC(C)(C)Cc1ccccc1. The molecule has 1 N–H and O–H groups in total. The van der Waals surface area contributed by atoms with Crippen LogP contribution in [0, 0.1) is 0 Å². The largest absolute Gasteiger partial charge is 0.480 e. The van der Waals surface area contributed by atoms with E-state index in [0.717, 1.165) is 22.9 Å². The predicted molar refractivity (Wildman–Crippen MR) is 111 cm³/mol. The summed E-state index contributed by atoms with van der Waals surface area (Å²) in [6, 6.07) is 24.2. The zero-order valence-corrected chi connectivity index (χ0v) is 16.2. The number of hydrogen-bond acceptors (Lipinski definition) is 2. The molecule has 140 valence electrons. The lowest BCUT2D eigenvalue weighted by atomic mass is 9.94. The summed E-state index contributed by atoms with van der Waals surface area (Å²) in [6.07, 6.45) is 0.853. The van der Waals surface area contributed by atoms with Gasteiger partial charge in [0.1, 0.15) is 5.75 Å². The maximum atomic E-state index is 12.9. The minimum Gasteiger partial charge on any atom is -0.480 e. The van der Waals surface area contributed by atoms with Gasteiger partial charge < -0.3 is 10.1 Å². The van der Waals surface area contributed by atoms with Gasteiger partial charge in [0, 0.05) is 10.9 Å². The second kappa shape index (κ2) is 8.26. The smallest absolute Gasteiger partial charge is 0.261 e. The van der Waals surface area contributed by atoms with E-state index < -0.39 is 6.10 Å². The van der Waals surface area contributed by atoms with Gasteiger partial charge in [-0.25, -0.2) is 0 Å². The molecule has 0 aliphatic rings. The van der Waals surface area contributed by atoms with Crippen LogP contribution in [0.15, 0.2) is 72.8 Å². The van der Waals surface area contributed by atoms with Crippen LogP contribution >= 0.6 is 0 Å². The van der Waals surface area contributed by atoms with E-state index in [4.69, 9.17) is 4.74 Å². The van der Waals surface area contributed by atoms with Gasteiger partial charge >= 0.3 is 0 Å². The number of carbonyl (C=O) groups is 1. The van der Waals surface area contributed by atoms with Gasteiger partial charge in [-0.2, -0.15) is 0 Å². The number of fused-ring (bicyclic) bond motifs is 1. The molecule has 0 aliphatic carbocycles. The third-order valence-electron chi connectivity index (χ3n) is 4.63. The summed E-state index contributed by atoms with van der Waals surface area (Å²) < 4.78 is 6.12. The van der Waals surface area contributed by atoms with Crippen LogP contribution < -0.4 is 10.1 Å². The third-order valence-corrected chi connectivity index (χ3v) is 4.63. The van der Waals surface area contributed by atoms with Gasteiger partial charge in [-0.1, -0.05) is 73.7 Å². The van der Waals surface area contributed by atoms with Crippen molar-refractivity contribution in [3.8, 4) is 5.75 Å². The van der Waals surface area contributed by atoms with E-state index >= 15 is 0 Å². The molecule has 1 unspecified atom stereocenters. The molecule has 0 heterocycles. The number of nitrogens with one attached hydrogen (secondary N) is 1. The summed E-state index contributed by atoms with van der Waals surface area (Å²) in [6.45, 7) is 6.06. The van der Waals surface area contributed by atoms with Crippen molar-refractivity contribution in [3.05, 3.63) is 78.4 Å². The van der Waals surface area contributed by atoms with E-state index in [9.17, 15) is 4.79 Å². The van der Waals surface area contributed by atoms with Crippen molar-refractivity contribution < 1.29 is 9.53 Å². The van der Waals surface area contributed by atoms with Crippen LogP contribution in [-0.4, -0.2) is 17.6 Å². The summed E-state index contributed by atoms with van der Waals surface area (Å²) in [7, 11) is 0. The fourth-order valence-electron chi connectivity index (χ4n) is 3.34. The lowest BCUT2D eigenvalue weighted by Gasteiger charge is -2.29. The van der Waals surface area contributed by atoms with Crippen LogP contribution in [-0.2, 0) is 11.2 Å². The second-order valence-electron chi connectivity index (χ2n) is 7.53. The maximum absolute atomic E-state index is 12.9. The first-order valence-corrected chi connectivity index (χ1v) is 9.49. The molecule has 0 saturated heterocycles. The van der Waals surface area contributed by atoms with E-state index in [-0.39, 0.29) is 11.4 Å². The van der Waals surface area contributed by atoms with Crippen LogP contribution in [0.5, 0.6) is 5.75 Å². The summed E-state index contributed by atoms with van der Waals surface area (Å²) in [5, 5.41) is 5.29. The second-order valence-corrected chi connectivity index (χ2v) is 7.53. The predicted octanol–water partition coefficient (Wildman–Crippen LogP) is 5.13. The molecule has 27 heavy (non-hydrogen) atoms. The third kappa shape index (κ3) is 4.88. The summed E-state index contributed by atoms with van der Waals surface area (Å²) in [5.74, 6) is 0.669. The quantitative estimate of drug-likeness (QED) is 0.633. The van der Waals surface area contributed by atoms with Crippen LogP contribution in [0.4, 0.5) is 0 Å². The van der Waals surface area contributed by atoms with Crippen LogP contribution in [0.3, 0.4) is 0 Å². The molecular formula is C24H27NO2. The highest BCUT2D eigenvalue weighted by atomic mass is 16.5. The number of ether oxygens (including phenoxy) is 1. The molecule has 0 saturated carbocycles. The standard InChI is InChI=1S/C24H27NO2/c1-4-21(27-22-16-10-14-19-13-8-9-15-20(19)22)23(26)25-24(2,3)17-18-11-6-5-7-12-18/h5-16,21H,4,17H2,1-3H3,(H,25,26). The van der Waals surface area contributed by atoms with E-state index in [1.807, 2.05) is 81.4 Å². The molecule has 0 bridgehead atoms. The lowest BCUT2D eigenvalue weighted by molar-refractivity contribution is -0.129. The van der Waals surface area contributed by atoms with Gasteiger partial charge in [-0.15, -0.1) is 0 Å². The van der Waals surface area contributed by atoms with Crippen molar-refractivity contribution in [2.75, 3.05) is 0 Å². The van der Waals surface area contributed by atoms with Crippen molar-refractivity contribution in [1.82, 2.24) is 5.32 Å². The van der Waals surface area contributed by atoms with Crippen molar-refractivity contribution in [3.63, 3.8) is 0 Å². The van der Waals surface area contributed by atoms with E-state index in [2.05, 4.69) is 17.4 Å². The average Bonchev–Trinajstić information content (AvgIpc) is 2.66. The molecule has 1 atom stereocenters. The first kappa shape index (κ1) is 19.0. The Labute approximate surface area is 161 Å². The van der Waals surface area contributed by atoms with E-state index in [1.54, 1.807) is 0 Å². The molecule has 3 aromatic rings. The number of carbonyl (C=O) groups excluding carboxylic acids is 1. The molecule has 0 radical (unpaired) electrons. The monoisotopic (exact) mass is 361 g/mol. The molecular weight excluding hydrogens is 334 g/mol. The highest BCUT2D eigenvalue weighted by Gasteiger charge is 2.26. The molecule has 0 spiro atoms. The zero-order chi connectivity index (χ0) is 19.3. The first-order chi connectivity index (χ1) is 13.0. The molecule has 1 amide bonds.